The number of ether oxygens (including phenoxy) is 1. The number of nitrogens with zero attached hydrogens (tertiary/aromatic N) is 4. The molecule has 2 aliphatic rings. The van der Waals surface area contributed by atoms with Gasteiger partial charge in [-0.05, 0) is 57.1 Å². The van der Waals surface area contributed by atoms with E-state index in [1.165, 1.54) is 0 Å². The molecule has 1 saturated carbocycles. The Morgan fingerprint density at radius 1 is 1.23 bits per heavy atom. The van der Waals surface area contributed by atoms with E-state index in [0.717, 1.165) is 60.1 Å². The number of piperidine rings is 1. The molecule has 8 heteroatoms. The number of carbonyl (C=O) groups excluding carboxylic acids is 2. The van der Waals surface area contributed by atoms with Gasteiger partial charge >= 0.3 is 0 Å². The molecule has 8 nitrogen and oxygen atoms in total. The molecule has 0 bridgehead atoms. The summed E-state index contributed by atoms with van der Waals surface area (Å²) in [5.41, 5.74) is 3.84. The van der Waals surface area contributed by atoms with Crippen LogP contribution in [0.25, 0.3) is 11.0 Å². The van der Waals surface area contributed by atoms with Crippen LogP contribution in [0.2, 0.25) is 0 Å². The number of amides is 2. The molecule has 2 amide bonds. The first-order chi connectivity index (χ1) is 14.4. The molecule has 0 spiro atoms. The van der Waals surface area contributed by atoms with E-state index in [1.54, 1.807) is 11.8 Å². The number of methoxy groups -OCH3 is 1. The van der Waals surface area contributed by atoms with Crippen LogP contribution in [-0.4, -0.2) is 57.7 Å². The van der Waals surface area contributed by atoms with Crippen molar-refractivity contribution in [1.29, 1.82) is 0 Å². The molecule has 2 aromatic heterocycles. The maximum atomic E-state index is 12.9. The number of likely N-dealkylation sites (tertiary alicyclic amines) is 1. The number of aromatic nitrogens is 3. The van der Waals surface area contributed by atoms with Gasteiger partial charge in [0.2, 0.25) is 17.7 Å². The number of fused-ring (bicyclic) bond motifs is 1. The summed E-state index contributed by atoms with van der Waals surface area (Å²) in [6, 6.07) is 0.362. The number of nitrogens with one attached hydrogen (secondary N) is 1. The third kappa shape index (κ3) is 4.00. The van der Waals surface area contributed by atoms with E-state index < -0.39 is 0 Å². The van der Waals surface area contributed by atoms with E-state index >= 15 is 0 Å². The minimum absolute atomic E-state index is 0.0792. The highest BCUT2D eigenvalue weighted by Crippen LogP contribution is 2.30. The largest absolute Gasteiger partial charge is 0.479 e. The Morgan fingerprint density at radius 3 is 2.70 bits per heavy atom. The predicted molar refractivity (Wildman–Crippen MR) is 113 cm³/mol. The second-order valence-electron chi connectivity index (χ2n) is 8.59. The summed E-state index contributed by atoms with van der Waals surface area (Å²) in [6.07, 6.45) is 4.94. The maximum absolute atomic E-state index is 12.9. The Hall–Kier alpha value is -2.64. The minimum Gasteiger partial charge on any atom is -0.479 e. The van der Waals surface area contributed by atoms with Crippen LogP contribution in [-0.2, 0) is 23.1 Å². The van der Waals surface area contributed by atoms with Crippen molar-refractivity contribution in [2.45, 2.75) is 58.4 Å². The van der Waals surface area contributed by atoms with Crippen molar-refractivity contribution in [2.24, 2.45) is 13.0 Å². The Morgan fingerprint density at radius 2 is 2.00 bits per heavy atom. The van der Waals surface area contributed by atoms with Gasteiger partial charge in [-0.15, -0.1) is 5.10 Å². The first-order valence-electron chi connectivity index (χ1n) is 10.8. The molecule has 1 aliphatic carbocycles. The normalized spacial score (nSPS) is 19.2. The number of rotatable bonds is 6. The summed E-state index contributed by atoms with van der Waals surface area (Å²) in [5, 5.41) is 8.37. The maximum Gasteiger partial charge on any atom is 0.242 e. The van der Waals surface area contributed by atoms with E-state index in [2.05, 4.69) is 10.4 Å². The number of pyridine rings is 1. The molecule has 1 atom stereocenters. The second kappa shape index (κ2) is 8.24. The molecule has 4 rings (SSSR count). The molecule has 2 fully saturated rings. The topological polar surface area (TPSA) is 89.3 Å². The highest BCUT2D eigenvalue weighted by Gasteiger charge is 2.32. The number of aryl methyl sites for hydroxylation is 3. The zero-order chi connectivity index (χ0) is 21.4. The van der Waals surface area contributed by atoms with E-state index in [1.807, 2.05) is 25.8 Å². The van der Waals surface area contributed by atoms with Gasteiger partial charge in [0.05, 0.1) is 18.4 Å². The average molecular weight is 414 g/mol. The predicted octanol–water partition coefficient (Wildman–Crippen LogP) is 2.04. The fraction of sp³-hybridized carbons (Fsp3) is 0.636. The van der Waals surface area contributed by atoms with Crippen LogP contribution in [0, 0.1) is 19.8 Å². The third-order valence-corrected chi connectivity index (χ3v) is 6.37. The van der Waals surface area contributed by atoms with E-state index in [-0.39, 0.29) is 17.7 Å². The highest BCUT2D eigenvalue weighted by molar-refractivity contribution is 5.86. The third-order valence-electron chi connectivity index (χ3n) is 6.37. The van der Waals surface area contributed by atoms with Gasteiger partial charge in [-0.25, -0.2) is 9.67 Å². The van der Waals surface area contributed by atoms with E-state index in [0.29, 0.717) is 31.3 Å². The lowest BCUT2D eigenvalue weighted by molar-refractivity contribution is -0.135. The van der Waals surface area contributed by atoms with Crippen LogP contribution >= 0.6 is 0 Å². The van der Waals surface area contributed by atoms with Crippen molar-refractivity contribution >= 4 is 22.8 Å². The molecule has 0 aromatic carbocycles. The Kier molecular flexibility index (Phi) is 5.66. The molecule has 162 valence electrons. The molecular weight excluding hydrogens is 382 g/mol. The van der Waals surface area contributed by atoms with Gasteiger partial charge < -0.3 is 15.0 Å². The quantitative estimate of drug-likeness (QED) is 0.783. The molecule has 1 N–H and O–H groups in total. The van der Waals surface area contributed by atoms with Gasteiger partial charge in [0, 0.05) is 38.3 Å². The first kappa shape index (κ1) is 20.6. The van der Waals surface area contributed by atoms with Crippen molar-refractivity contribution in [3.63, 3.8) is 0 Å². The zero-order valence-corrected chi connectivity index (χ0v) is 18.3. The van der Waals surface area contributed by atoms with Crippen molar-refractivity contribution in [2.75, 3.05) is 20.2 Å². The van der Waals surface area contributed by atoms with Crippen molar-refractivity contribution in [1.82, 2.24) is 25.0 Å². The zero-order valence-electron chi connectivity index (χ0n) is 18.3. The highest BCUT2D eigenvalue weighted by atomic mass is 16.5. The Labute approximate surface area is 177 Å². The first-order valence-corrected chi connectivity index (χ1v) is 10.8. The average Bonchev–Trinajstić information content (AvgIpc) is 3.49. The lowest BCUT2D eigenvalue weighted by atomic mass is 9.96. The second-order valence-corrected chi connectivity index (χ2v) is 8.59. The molecule has 0 radical (unpaired) electrons. The van der Waals surface area contributed by atoms with Crippen molar-refractivity contribution in [3.05, 3.63) is 16.8 Å². The van der Waals surface area contributed by atoms with Crippen molar-refractivity contribution < 1.29 is 14.3 Å². The molecule has 1 saturated heterocycles. The molecule has 2 aromatic rings. The Bertz CT molecular complexity index is 979. The summed E-state index contributed by atoms with van der Waals surface area (Å²) in [5.74, 6) is 0.700. The number of carbonyl (C=O) groups is 2. The van der Waals surface area contributed by atoms with E-state index in [4.69, 9.17) is 9.72 Å². The summed E-state index contributed by atoms with van der Waals surface area (Å²) in [6.45, 7) is 5.28. The van der Waals surface area contributed by atoms with Crippen LogP contribution in [0.1, 0.15) is 48.9 Å². The monoisotopic (exact) mass is 413 g/mol. The van der Waals surface area contributed by atoms with Crippen molar-refractivity contribution in [3.8, 4) is 5.88 Å². The van der Waals surface area contributed by atoms with Gasteiger partial charge in [-0.1, -0.05) is 0 Å². The standard InChI is InChI=1S/C22H31N5O3/c1-13-17(14(2)23-20-19(13)22(30-4)25-26(20)3)9-10-18(28)27-11-5-6-15(12-27)21(29)24-16-7-8-16/h15-16H,5-12H2,1-4H3,(H,24,29). The molecule has 1 aliphatic heterocycles. The van der Waals surface area contributed by atoms with Crippen LogP contribution in [0.4, 0.5) is 0 Å². The van der Waals surface area contributed by atoms with E-state index in [9.17, 15) is 9.59 Å². The lowest BCUT2D eigenvalue weighted by Crippen LogP contribution is -2.46. The van der Waals surface area contributed by atoms with Gasteiger partial charge in [0.15, 0.2) is 5.65 Å². The molecule has 3 heterocycles. The lowest BCUT2D eigenvalue weighted by Gasteiger charge is -2.32. The summed E-state index contributed by atoms with van der Waals surface area (Å²) in [7, 11) is 3.46. The molecular formula is C22H31N5O3. The number of hydrogen-bond acceptors (Lipinski definition) is 5. The summed E-state index contributed by atoms with van der Waals surface area (Å²) < 4.78 is 7.15. The van der Waals surface area contributed by atoms with Crippen LogP contribution in [0.3, 0.4) is 0 Å². The van der Waals surface area contributed by atoms with Gasteiger partial charge in [-0.2, -0.15) is 0 Å². The smallest absolute Gasteiger partial charge is 0.242 e. The Balaban J connectivity index is 1.44. The molecule has 1 unspecified atom stereocenters. The summed E-state index contributed by atoms with van der Waals surface area (Å²) in [4.78, 5) is 31.9. The minimum atomic E-state index is -0.0792. The molecule has 30 heavy (non-hydrogen) atoms. The van der Waals surface area contributed by atoms with Crippen LogP contribution in [0.15, 0.2) is 0 Å². The SMILES string of the molecule is COc1nn(C)c2nc(C)c(CCC(=O)N3CCCC(C(=O)NC4CC4)C3)c(C)c12. The van der Waals surface area contributed by atoms with Gasteiger partial charge in [0.1, 0.15) is 0 Å². The number of hydrogen-bond donors (Lipinski definition) is 1. The fourth-order valence-corrected chi connectivity index (χ4v) is 4.46. The fourth-order valence-electron chi connectivity index (χ4n) is 4.46. The van der Waals surface area contributed by atoms with Gasteiger partial charge in [-0.3, -0.25) is 9.59 Å². The summed E-state index contributed by atoms with van der Waals surface area (Å²) >= 11 is 0. The van der Waals surface area contributed by atoms with Crippen LogP contribution in [0.5, 0.6) is 5.88 Å². The van der Waals surface area contributed by atoms with Gasteiger partial charge in [0.25, 0.3) is 0 Å². The van der Waals surface area contributed by atoms with Crippen LogP contribution < -0.4 is 10.1 Å².